The monoisotopic (exact) mass is 449 g/mol. The number of nitrogens with zero attached hydrogens (tertiary/aromatic N) is 3. The van der Waals surface area contributed by atoms with Crippen LogP contribution in [0.3, 0.4) is 0 Å². The van der Waals surface area contributed by atoms with Crippen LogP contribution >= 0.6 is 0 Å². The van der Waals surface area contributed by atoms with E-state index in [0.717, 1.165) is 69.2 Å². The van der Waals surface area contributed by atoms with E-state index in [9.17, 15) is 4.79 Å². The Morgan fingerprint density at radius 1 is 0.970 bits per heavy atom. The summed E-state index contributed by atoms with van der Waals surface area (Å²) in [5, 5.41) is 7.00. The average molecular weight is 450 g/mol. The van der Waals surface area contributed by atoms with Crippen molar-refractivity contribution in [2.75, 3.05) is 32.7 Å². The first-order chi connectivity index (χ1) is 16.1. The summed E-state index contributed by atoms with van der Waals surface area (Å²) in [6.07, 6.45) is 2.22. The van der Waals surface area contributed by atoms with Gasteiger partial charge in [-0.1, -0.05) is 42.5 Å². The van der Waals surface area contributed by atoms with E-state index in [1.165, 1.54) is 5.56 Å². The Morgan fingerprint density at radius 3 is 2.24 bits per heavy atom. The molecule has 6 heteroatoms. The topological polar surface area (TPSA) is 60.0 Å². The molecule has 0 radical (unpaired) electrons. The first kappa shape index (κ1) is 24.8. The predicted molar refractivity (Wildman–Crippen MR) is 136 cm³/mol. The van der Waals surface area contributed by atoms with Crippen molar-refractivity contribution in [3.8, 4) is 0 Å². The molecule has 0 aliphatic carbocycles. The number of hydrogen-bond donors (Lipinski definition) is 2. The molecule has 0 atom stereocenters. The summed E-state index contributed by atoms with van der Waals surface area (Å²) >= 11 is 0. The van der Waals surface area contributed by atoms with Crippen molar-refractivity contribution in [3.05, 3.63) is 71.3 Å². The Morgan fingerprint density at radius 2 is 1.64 bits per heavy atom. The third-order valence-electron chi connectivity index (χ3n) is 6.19. The number of carbonyl (C=O) groups is 1. The Kier molecular flexibility index (Phi) is 9.76. The molecular formula is C27H39N5O. The zero-order chi connectivity index (χ0) is 23.5. The molecule has 1 aliphatic rings. The molecule has 178 valence electrons. The van der Waals surface area contributed by atoms with Gasteiger partial charge in [0, 0.05) is 50.9 Å². The van der Waals surface area contributed by atoms with E-state index in [1.807, 2.05) is 43.0 Å². The van der Waals surface area contributed by atoms with Crippen LogP contribution in [-0.4, -0.2) is 60.4 Å². The highest BCUT2D eigenvalue weighted by atomic mass is 16.2. The summed E-state index contributed by atoms with van der Waals surface area (Å²) in [5.41, 5.74) is 3.21. The van der Waals surface area contributed by atoms with Crippen LogP contribution in [0, 0.1) is 0 Å². The van der Waals surface area contributed by atoms with Gasteiger partial charge < -0.3 is 15.5 Å². The average Bonchev–Trinajstić information content (AvgIpc) is 2.85. The van der Waals surface area contributed by atoms with Crippen LogP contribution in [0.4, 0.5) is 0 Å². The molecule has 1 aliphatic heterocycles. The highest BCUT2D eigenvalue weighted by Crippen LogP contribution is 2.14. The summed E-state index contributed by atoms with van der Waals surface area (Å²) in [4.78, 5) is 21.6. The second-order valence-corrected chi connectivity index (χ2v) is 8.55. The Hall–Kier alpha value is -2.86. The zero-order valence-electron chi connectivity index (χ0n) is 20.4. The first-order valence-electron chi connectivity index (χ1n) is 12.3. The Labute approximate surface area is 199 Å². The minimum atomic E-state index is 0.0867. The van der Waals surface area contributed by atoms with Crippen LogP contribution in [0.25, 0.3) is 0 Å². The second-order valence-electron chi connectivity index (χ2n) is 8.55. The van der Waals surface area contributed by atoms with Gasteiger partial charge in [-0.15, -0.1) is 0 Å². The van der Waals surface area contributed by atoms with Gasteiger partial charge in [-0.05, 0) is 56.9 Å². The molecule has 1 saturated heterocycles. The lowest BCUT2D eigenvalue weighted by atomic mass is 10.0. The van der Waals surface area contributed by atoms with E-state index in [2.05, 4.69) is 52.8 Å². The highest BCUT2D eigenvalue weighted by Gasteiger charge is 2.20. The second kappa shape index (κ2) is 13.0. The standard InChI is InChI=1S/C27H39N5O/c1-4-28-27(29-20-22-12-14-24(15-13-22)26(33)32(5-2)6-3)30-25-16-18-31(19-17-25)21-23-10-8-7-9-11-23/h7-15,25H,4-6,16-21H2,1-3H3,(H2,28,29,30). The summed E-state index contributed by atoms with van der Waals surface area (Å²) in [6, 6.07) is 19.0. The van der Waals surface area contributed by atoms with Crippen molar-refractivity contribution < 1.29 is 4.79 Å². The Balaban J connectivity index is 1.51. The number of benzene rings is 2. The summed E-state index contributed by atoms with van der Waals surface area (Å²) < 4.78 is 0. The maximum absolute atomic E-state index is 12.5. The van der Waals surface area contributed by atoms with E-state index < -0.39 is 0 Å². The summed E-state index contributed by atoms with van der Waals surface area (Å²) in [6.45, 7) is 12.2. The van der Waals surface area contributed by atoms with Crippen LogP contribution in [0.5, 0.6) is 0 Å². The van der Waals surface area contributed by atoms with Gasteiger partial charge >= 0.3 is 0 Å². The number of rotatable bonds is 9. The van der Waals surface area contributed by atoms with E-state index in [1.54, 1.807) is 0 Å². The molecule has 33 heavy (non-hydrogen) atoms. The molecular weight excluding hydrogens is 410 g/mol. The smallest absolute Gasteiger partial charge is 0.253 e. The summed E-state index contributed by atoms with van der Waals surface area (Å²) in [7, 11) is 0. The van der Waals surface area contributed by atoms with Gasteiger partial charge in [0.15, 0.2) is 5.96 Å². The van der Waals surface area contributed by atoms with Crippen molar-refractivity contribution in [1.29, 1.82) is 0 Å². The largest absolute Gasteiger partial charge is 0.357 e. The van der Waals surface area contributed by atoms with Crippen LogP contribution in [0.1, 0.15) is 55.1 Å². The number of aliphatic imine (C=N–C) groups is 1. The van der Waals surface area contributed by atoms with Gasteiger partial charge in [0.2, 0.25) is 0 Å². The highest BCUT2D eigenvalue weighted by molar-refractivity contribution is 5.94. The quantitative estimate of drug-likeness (QED) is 0.450. The van der Waals surface area contributed by atoms with Crippen molar-refractivity contribution in [2.24, 2.45) is 4.99 Å². The van der Waals surface area contributed by atoms with Crippen LogP contribution in [-0.2, 0) is 13.1 Å². The molecule has 2 aromatic carbocycles. The Bertz CT molecular complexity index is 869. The molecule has 0 aromatic heterocycles. The zero-order valence-corrected chi connectivity index (χ0v) is 20.4. The van der Waals surface area contributed by atoms with Crippen LogP contribution < -0.4 is 10.6 Å². The van der Waals surface area contributed by atoms with E-state index >= 15 is 0 Å². The third kappa shape index (κ3) is 7.60. The molecule has 2 aromatic rings. The van der Waals surface area contributed by atoms with Crippen molar-refractivity contribution in [2.45, 2.75) is 52.7 Å². The van der Waals surface area contributed by atoms with Gasteiger partial charge in [0.05, 0.1) is 6.54 Å². The lowest BCUT2D eigenvalue weighted by Gasteiger charge is -2.33. The van der Waals surface area contributed by atoms with Crippen molar-refractivity contribution >= 4 is 11.9 Å². The first-order valence-corrected chi connectivity index (χ1v) is 12.3. The molecule has 6 nitrogen and oxygen atoms in total. The van der Waals surface area contributed by atoms with Gasteiger partial charge in [-0.25, -0.2) is 4.99 Å². The minimum absolute atomic E-state index is 0.0867. The lowest BCUT2D eigenvalue weighted by Crippen LogP contribution is -2.48. The van der Waals surface area contributed by atoms with Gasteiger partial charge in [0.1, 0.15) is 0 Å². The van der Waals surface area contributed by atoms with Crippen molar-refractivity contribution in [3.63, 3.8) is 0 Å². The molecule has 0 bridgehead atoms. The SMILES string of the molecule is CCNC(=NCc1ccc(C(=O)N(CC)CC)cc1)NC1CCN(Cc2ccccc2)CC1. The number of nitrogens with one attached hydrogen (secondary N) is 2. The fourth-order valence-electron chi connectivity index (χ4n) is 4.21. The molecule has 2 N–H and O–H groups in total. The number of carbonyl (C=O) groups excluding carboxylic acids is 1. The number of hydrogen-bond acceptors (Lipinski definition) is 3. The molecule has 1 fully saturated rings. The number of guanidine groups is 1. The third-order valence-corrected chi connectivity index (χ3v) is 6.19. The van der Waals surface area contributed by atoms with E-state index in [0.29, 0.717) is 12.6 Å². The molecule has 3 rings (SSSR count). The van der Waals surface area contributed by atoms with Crippen molar-refractivity contribution in [1.82, 2.24) is 20.4 Å². The predicted octanol–water partition coefficient (Wildman–Crippen LogP) is 3.89. The molecule has 1 heterocycles. The maximum atomic E-state index is 12.5. The van der Waals surface area contributed by atoms with Gasteiger partial charge in [0.25, 0.3) is 5.91 Å². The normalized spacial score (nSPS) is 15.3. The summed E-state index contributed by atoms with van der Waals surface area (Å²) in [5.74, 6) is 0.950. The fourth-order valence-corrected chi connectivity index (χ4v) is 4.21. The fraction of sp³-hybridized carbons (Fsp3) is 0.481. The van der Waals surface area contributed by atoms with Crippen LogP contribution in [0.15, 0.2) is 59.6 Å². The number of amides is 1. The molecule has 0 spiro atoms. The lowest BCUT2D eigenvalue weighted by molar-refractivity contribution is 0.0773. The van der Waals surface area contributed by atoms with Gasteiger partial charge in [-0.3, -0.25) is 9.69 Å². The molecule has 1 amide bonds. The number of likely N-dealkylation sites (tertiary alicyclic amines) is 1. The molecule has 0 saturated carbocycles. The minimum Gasteiger partial charge on any atom is -0.357 e. The van der Waals surface area contributed by atoms with Gasteiger partial charge in [-0.2, -0.15) is 0 Å². The van der Waals surface area contributed by atoms with Crippen LogP contribution in [0.2, 0.25) is 0 Å². The van der Waals surface area contributed by atoms with E-state index in [4.69, 9.17) is 4.99 Å². The number of piperidine rings is 1. The van der Waals surface area contributed by atoms with E-state index in [-0.39, 0.29) is 5.91 Å². The molecule has 0 unspecified atom stereocenters. The maximum Gasteiger partial charge on any atom is 0.253 e.